The molecule has 9 heteroatoms. The number of anilines is 1. The summed E-state index contributed by atoms with van der Waals surface area (Å²) in [6.07, 6.45) is -4.99. The maximum Gasteiger partial charge on any atom is 0.416 e. The molecule has 2 aromatic carbocycles. The minimum absolute atomic E-state index is 0.0981. The van der Waals surface area contributed by atoms with Crippen LogP contribution in [0.5, 0.6) is 11.5 Å². The second kappa shape index (κ2) is 8.16. The molecule has 2 aromatic rings. The average molecular weight is 424 g/mol. The minimum Gasteiger partial charge on any atom is -0.508 e. The molecule has 1 aliphatic rings. The van der Waals surface area contributed by atoms with Crippen LogP contribution in [0, 0.1) is 0 Å². The van der Waals surface area contributed by atoms with Gasteiger partial charge >= 0.3 is 6.18 Å². The monoisotopic (exact) mass is 424 g/mol. The van der Waals surface area contributed by atoms with Gasteiger partial charge in [0.2, 0.25) is 0 Å². The number of hydrogen-bond donors (Lipinski definition) is 4. The van der Waals surface area contributed by atoms with Crippen LogP contribution in [0.1, 0.15) is 36.6 Å². The van der Waals surface area contributed by atoms with E-state index < -0.39 is 23.4 Å². The summed E-state index contributed by atoms with van der Waals surface area (Å²) < 4.78 is 43.5. The minimum atomic E-state index is -4.38. The number of benzene rings is 2. The molecular formula is C21H23F3N2O4. The number of fused-ring (bicyclic) bond motifs is 1. The van der Waals surface area contributed by atoms with Gasteiger partial charge in [-0.25, -0.2) is 0 Å². The molecule has 1 amide bonds. The van der Waals surface area contributed by atoms with Gasteiger partial charge in [-0.05, 0) is 44.0 Å². The summed E-state index contributed by atoms with van der Waals surface area (Å²) >= 11 is 0. The number of aromatic hydroxyl groups is 1. The number of phenolic OH excluding ortho intramolecular Hbond substituents is 1. The van der Waals surface area contributed by atoms with Crippen molar-refractivity contribution in [2.75, 3.05) is 18.5 Å². The first kappa shape index (κ1) is 21.9. The number of carbonyl (C=O) groups excluding carboxylic acids is 1. The maximum absolute atomic E-state index is 12.7. The molecule has 0 radical (unpaired) electrons. The van der Waals surface area contributed by atoms with E-state index in [0.29, 0.717) is 17.7 Å². The first-order valence-corrected chi connectivity index (χ1v) is 9.33. The number of carbonyl (C=O) groups is 1. The predicted molar refractivity (Wildman–Crippen MR) is 104 cm³/mol. The molecule has 0 saturated heterocycles. The molecule has 3 rings (SSSR count). The molecule has 1 aliphatic heterocycles. The Kier molecular flexibility index (Phi) is 5.96. The summed E-state index contributed by atoms with van der Waals surface area (Å²) in [4.78, 5) is 11.5. The van der Waals surface area contributed by atoms with Crippen molar-refractivity contribution in [1.29, 1.82) is 0 Å². The van der Waals surface area contributed by atoms with Crippen molar-refractivity contribution in [3.8, 4) is 11.5 Å². The number of phenols is 1. The van der Waals surface area contributed by atoms with Crippen LogP contribution in [0.4, 0.5) is 18.9 Å². The van der Waals surface area contributed by atoms with E-state index in [2.05, 4.69) is 10.6 Å². The highest BCUT2D eigenvalue weighted by atomic mass is 19.4. The van der Waals surface area contributed by atoms with Crippen molar-refractivity contribution in [3.05, 3.63) is 53.1 Å². The number of amides is 1. The Hall–Kier alpha value is -2.78. The molecule has 0 fully saturated rings. The standard InChI is InChI=1S/C21H23F3N2O4/c1-20(2,9-12-3-5-13(6-4-12)21(22,23)24)25-10-17(28)15-7-14(27)8-16-19(15)30-11-18(29)26-16/h3-8,17,25,27-28H,9-11H2,1-2H3,(H,26,29). The summed E-state index contributed by atoms with van der Waals surface area (Å²) in [5.41, 5.74) is 0.0864. The highest BCUT2D eigenvalue weighted by Gasteiger charge is 2.30. The Bertz CT molecular complexity index is 927. The quantitative estimate of drug-likeness (QED) is 0.571. The summed E-state index contributed by atoms with van der Waals surface area (Å²) in [5.74, 6) is -0.191. The van der Waals surface area contributed by atoms with Crippen LogP contribution in [0.3, 0.4) is 0 Å². The van der Waals surface area contributed by atoms with Crippen LogP contribution in [-0.2, 0) is 17.4 Å². The zero-order valence-electron chi connectivity index (χ0n) is 16.5. The molecular weight excluding hydrogens is 401 g/mol. The Morgan fingerprint density at radius 1 is 1.20 bits per heavy atom. The van der Waals surface area contributed by atoms with E-state index in [1.165, 1.54) is 24.3 Å². The molecule has 162 valence electrons. The molecule has 1 heterocycles. The fourth-order valence-corrected chi connectivity index (χ4v) is 3.33. The van der Waals surface area contributed by atoms with Gasteiger partial charge in [0, 0.05) is 23.7 Å². The fraction of sp³-hybridized carbons (Fsp3) is 0.381. The normalized spacial score (nSPS) is 15.2. The number of halogens is 3. The molecule has 0 spiro atoms. The zero-order chi connectivity index (χ0) is 22.1. The summed E-state index contributed by atoms with van der Waals surface area (Å²) in [7, 11) is 0. The topological polar surface area (TPSA) is 90.8 Å². The number of hydrogen-bond acceptors (Lipinski definition) is 5. The lowest BCUT2D eigenvalue weighted by atomic mass is 9.93. The van der Waals surface area contributed by atoms with Gasteiger partial charge in [-0.2, -0.15) is 13.2 Å². The smallest absolute Gasteiger partial charge is 0.416 e. The van der Waals surface area contributed by atoms with E-state index in [1.807, 2.05) is 13.8 Å². The molecule has 1 atom stereocenters. The number of aliphatic hydroxyl groups is 1. The summed E-state index contributed by atoms with van der Waals surface area (Å²) in [5, 5.41) is 26.3. The van der Waals surface area contributed by atoms with Crippen LogP contribution >= 0.6 is 0 Å². The SMILES string of the molecule is CC(C)(Cc1ccc(C(F)(F)F)cc1)NCC(O)c1cc(O)cc2c1OCC(=O)N2. The van der Waals surface area contributed by atoms with Crippen LogP contribution in [0.25, 0.3) is 0 Å². The second-order valence-electron chi connectivity index (χ2n) is 7.90. The fourth-order valence-electron chi connectivity index (χ4n) is 3.33. The molecule has 6 nitrogen and oxygen atoms in total. The molecule has 0 saturated carbocycles. The van der Waals surface area contributed by atoms with Gasteiger partial charge in [-0.3, -0.25) is 4.79 Å². The third-order valence-electron chi connectivity index (χ3n) is 4.78. The van der Waals surface area contributed by atoms with E-state index in [4.69, 9.17) is 4.74 Å². The number of alkyl halides is 3. The molecule has 1 unspecified atom stereocenters. The number of nitrogens with one attached hydrogen (secondary N) is 2. The van der Waals surface area contributed by atoms with Crippen LogP contribution < -0.4 is 15.4 Å². The van der Waals surface area contributed by atoms with Crippen molar-refractivity contribution in [2.24, 2.45) is 0 Å². The largest absolute Gasteiger partial charge is 0.508 e. The molecule has 0 bridgehead atoms. The Labute approximate surface area is 171 Å². The number of β-amino-alcohol motifs (C(OH)–C–C–N with tert-alkyl or cyclic N) is 1. The molecule has 4 N–H and O–H groups in total. The van der Waals surface area contributed by atoms with Gasteiger partial charge in [-0.15, -0.1) is 0 Å². The van der Waals surface area contributed by atoms with Crippen molar-refractivity contribution in [1.82, 2.24) is 5.32 Å². The van der Waals surface area contributed by atoms with Gasteiger partial charge in [0.15, 0.2) is 6.61 Å². The van der Waals surface area contributed by atoms with Crippen molar-refractivity contribution in [3.63, 3.8) is 0 Å². The first-order chi connectivity index (χ1) is 13.9. The van der Waals surface area contributed by atoms with Gasteiger partial charge in [0.05, 0.1) is 17.4 Å². The van der Waals surface area contributed by atoms with Crippen LogP contribution in [-0.4, -0.2) is 34.8 Å². The Morgan fingerprint density at radius 3 is 2.50 bits per heavy atom. The van der Waals surface area contributed by atoms with Crippen molar-refractivity contribution in [2.45, 2.75) is 38.1 Å². The van der Waals surface area contributed by atoms with Gasteiger partial charge in [0.1, 0.15) is 11.5 Å². The third-order valence-corrected chi connectivity index (χ3v) is 4.78. The van der Waals surface area contributed by atoms with Crippen LogP contribution in [0.15, 0.2) is 36.4 Å². The molecule has 30 heavy (non-hydrogen) atoms. The van der Waals surface area contributed by atoms with E-state index in [0.717, 1.165) is 17.7 Å². The average Bonchev–Trinajstić information content (AvgIpc) is 2.64. The van der Waals surface area contributed by atoms with Crippen LogP contribution in [0.2, 0.25) is 0 Å². The zero-order valence-corrected chi connectivity index (χ0v) is 16.5. The van der Waals surface area contributed by atoms with E-state index in [9.17, 15) is 28.2 Å². The van der Waals surface area contributed by atoms with Gasteiger partial charge in [-0.1, -0.05) is 12.1 Å². The first-order valence-electron chi connectivity index (χ1n) is 9.33. The highest BCUT2D eigenvalue weighted by molar-refractivity contribution is 5.96. The molecule has 0 aromatic heterocycles. The maximum atomic E-state index is 12.7. The lowest BCUT2D eigenvalue weighted by Gasteiger charge is -2.29. The van der Waals surface area contributed by atoms with Crippen molar-refractivity contribution < 1.29 is 32.9 Å². The number of rotatable bonds is 6. The summed E-state index contributed by atoms with van der Waals surface area (Å²) in [6, 6.07) is 7.67. The van der Waals surface area contributed by atoms with E-state index >= 15 is 0 Å². The van der Waals surface area contributed by atoms with E-state index in [1.54, 1.807) is 0 Å². The van der Waals surface area contributed by atoms with Crippen molar-refractivity contribution >= 4 is 11.6 Å². The summed E-state index contributed by atoms with van der Waals surface area (Å²) in [6.45, 7) is 3.64. The van der Waals surface area contributed by atoms with Gasteiger partial charge in [0.25, 0.3) is 5.91 Å². The van der Waals surface area contributed by atoms with Gasteiger partial charge < -0.3 is 25.6 Å². The molecule has 0 aliphatic carbocycles. The predicted octanol–water partition coefficient (Wildman–Crippen LogP) is 3.39. The lowest BCUT2D eigenvalue weighted by Crippen LogP contribution is -2.43. The lowest BCUT2D eigenvalue weighted by molar-refractivity contribution is -0.137. The Morgan fingerprint density at radius 2 is 1.87 bits per heavy atom. The third kappa shape index (κ3) is 5.22. The van der Waals surface area contributed by atoms with E-state index in [-0.39, 0.29) is 30.5 Å². The highest BCUT2D eigenvalue weighted by Crippen LogP contribution is 2.38. The second-order valence-corrected chi connectivity index (χ2v) is 7.90. The number of aliphatic hydroxyl groups excluding tert-OH is 1. The Balaban J connectivity index is 1.67. The number of ether oxygens (including phenoxy) is 1.